The number of ether oxygens (including phenoxy) is 3. The summed E-state index contributed by atoms with van der Waals surface area (Å²) in [5.41, 5.74) is 5.04. The molecule has 190 valence electrons. The summed E-state index contributed by atoms with van der Waals surface area (Å²) in [6, 6.07) is 13.8. The first kappa shape index (κ1) is 26.4. The maximum absolute atomic E-state index is 12.8. The summed E-state index contributed by atoms with van der Waals surface area (Å²) in [5.74, 6) is -0.561. The summed E-state index contributed by atoms with van der Waals surface area (Å²) in [6.45, 7) is 4.29. The summed E-state index contributed by atoms with van der Waals surface area (Å²) in [7, 11) is 2.89. The Morgan fingerprint density at radius 2 is 1.64 bits per heavy atom. The monoisotopic (exact) mass is 494 g/mol. The minimum absolute atomic E-state index is 0.140. The third-order valence-corrected chi connectivity index (χ3v) is 5.51. The van der Waals surface area contributed by atoms with Gasteiger partial charge in [-0.15, -0.1) is 0 Å². The number of rotatable bonds is 10. The zero-order valence-electron chi connectivity index (χ0n) is 20.8. The lowest BCUT2D eigenvalue weighted by atomic mass is 10.1. The molecule has 1 aromatic heterocycles. The quantitative estimate of drug-likeness (QED) is 0.322. The van der Waals surface area contributed by atoms with E-state index in [1.54, 1.807) is 41.1 Å². The highest BCUT2D eigenvalue weighted by molar-refractivity contribution is 6.04. The standard InChI is InChI=1S/C26H30N4O6/c1-17-23(12-13-24(31)35-4)18(2)30(29-17)22-10-8-19(9-11-22)25(32)27-20-6-5-7-21(16-20)28-26(33)36-15-14-34-3/h5-11,16H,12-15H2,1-4H3,(H,27,32)(H,28,33). The number of carbonyl (C=O) groups is 3. The maximum atomic E-state index is 12.8. The number of esters is 1. The zero-order valence-corrected chi connectivity index (χ0v) is 20.8. The van der Waals surface area contributed by atoms with Crippen molar-refractivity contribution in [1.82, 2.24) is 9.78 Å². The molecule has 0 atom stereocenters. The number of hydrogen-bond acceptors (Lipinski definition) is 7. The largest absolute Gasteiger partial charge is 0.469 e. The molecule has 0 aliphatic carbocycles. The molecule has 2 aromatic carbocycles. The molecule has 1 heterocycles. The van der Waals surface area contributed by atoms with Crippen molar-refractivity contribution >= 4 is 29.3 Å². The highest BCUT2D eigenvalue weighted by Gasteiger charge is 2.15. The van der Waals surface area contributed by atoms with Crippen molar-refractivity contribution in [2.45, 2.75) is 26.7 Å². The van der Waals surface area contributed by atoms with Gasteiger partial charge in [-0.1, -0.05) is 6.07 Å². The average Bonchev–Trinajstić information content (AvgIpc) is 3.15. The van der Waals surface area contributed by atoms with Crippen molar-refractivity contribution in [2.75, 3.05) is 38.1 Å². The predicted octanol–water partition coefficient (Wildman–Crippen LogP) is 4.04. The van der Waals surface area contributed by atoms with Crippen molar-refractivity contribution in [3.8, 4) is 5.69 Å². The SMILES string of the molecule is COCCOC(=O)Nc1cccc(NC(=O)c2ccc(-n3nc(C)c(CCC(=O)OC)c3C)cc2)c1. The summed E-state index contributed by atoms with van der Waals surface area (Å²) < 4.78 is 16.3. The molecule has 2 amide bonds. The number of benzene rings is 2. The molecule has 0 bridgehead atoms. The molecule has 0 unspecified atom stereocenters. The molecule has 0 fully saturated rings. The second-order valence-electron chi connectivity index (χ2n) is 7.97. The van der Waals surface area contributed by atoms with Crippen molar-refractivity contribution in [2.24, 2.45) is 0 Å². The first-order chi connectivity index (χ1) is 17.3. The first-order valence-electron chi connectivity index (χ1n) is 11.4. The van der Waals surface area contributed by atoms with E-state index in [0.717, 1.165) is 22.6 Å². The van der Waals surface area contributed by atoms with Crippen LogP contribution in [0.3, 0.4) is 0 Å². The molecule has 0 saturated carbocycles. The molecule has 0 aliphatic heterocycles. The highest BCUT2D eigenvalue weighted by atomic mass is 16.6. The van der Waals surface area contributed by atoms with Gasteiger partial charge in [0.15, 0.2) is 0 Å². The lowest BCUT2D eigenvalue weighted by Crippen LogP contribution is -2.17. The van der Waals surface area contributed by atoms with Gasteiger partial charge in [0.25, 0.3) is 5.91 Å². The van der Waals surface area contributed by atoms with Crippen LogP contribution >= 0.6 is 0 Å². The van der Waals surface area contributed by atoms with Crippen molar-refractivity contribution in [3.63, 3.8) is 0 Å². The summed E-state index contributed by atoms with van der Waals surface area (Å²) in [5, 5.41) is 10.0. The Bertz CT molecular complexity index is 1220. The number of methoxy groups -OCH3 is 2. The lowest BCUT2D eigenvalue weighted by Gasteiger charge is -2.10. The first-order valence-corrected chi connectivity index (χ1v) is 11.4. The van der Waals surface area contributed by atoms with Crippen LogP contribution in [0.15, 0.2) is 48.5 Å². The van der Waals surface area contributed by atoms with Crippen LogP contribution in [0.5, 0.6) is 0 Å². The van der Waals surface area contributed by atoms with Gasteiger partial charge in [0, 0.05) is 36.2 Å². The molecule has 10 heteroatoms. The molecule has 0 saturated heterocycles. The van der Waals surface area contributed by atoms with E-state index >= 15 is 0 Å². The van der Waals surface area contributed by atoms with Crippen LogP contribution < -0.4 is 10.6 Å². The third kappa shape index (κ3) is 6.92. The van der Waals surface area contributed by atoms with Gasteiger partial charge in [0.1, 0.15) is 6.61 Å². The van der Waals surface area contributed by atoms with Crippen molar-refractivity contribution in [3.05, 3.63) is 71.0 Å². The van der Waals surface area contributed by atoms with Crippen LogP contribution in [0.4, 0.5) is 16.2 Å². The average molecular weight is 495 g/mol. The second kappa shape index (κ2) is 12.5. The van der Waals surface area contributed by atoms with E-state index < -0.39 is 6.09 Å². The minimum Gasteiger partial charge on any atom is -0.469 e. The van der Waals surface area contributed by atoms with Gasteiger partial charge in [0.05, 0.1) is 25.1 Å². The number of aryl methyl sites for hydroxylation is 1. The second-order valence-corrected chi connectivity index (χ2v) is 7.97. The van der Waals surface area contributed by atoms with E-state index in [4.69, 9.17) is 14.2 Å². The molecule has 0 aliphatic rings. The maximum Gasteiger partial charge on any atom is 0.411 e. The molecular weight excluding hydrogens is 464 g/mol. The molecule has 2 N–H and O–H groups in total. The number of amides is 2. The zero-order chi connectivity index (χ0) is 26.1. The fourth-order valence-corrected chi connectivity index (χ4v) is 3.62. The predicted molar refractivity (Wildman–Crippen MR) is 135 cm³/mol. The van der Waals surface area contributed by atoms with Gasteiger partial charge in [-0.25, -0.2) is 9.48 Å². The van der Waals surface area contributed by atoms with E-state index in [9.17, 15) is 14.4 Å². The van der Waals surface area contributed by atoms with Crippen molar-refractivity contribution < 1.29 is 28.6 Å². The molecular formula is C26H30N4O6. The number of anilines is 2. The van der Waals surface area contributed by atoms with Gasteiger partial charge < -0.3 is 19.5 Å². The van der Waals surface area contributed by atoms with Gasteiger partial charge >= 0.3 is 12.1 Å². The number of nitrogens with zero attached hydrogens (tertiary/aromatic N) is 2. The van der Waals surface area contributed by atoms with E-state index in [2.05, 4.69) is 15.7 Å². The Morgan fingerprint density at radius 3 is 2.31 bits per heavy atom. The Kier molecular flexibility index (Phi) is 9.18. The lowest BCUT2D eigenvalue weighted by molar-refractivity contribution is -0.140. The van der Waals surface area contributed by atoms with E-state index in [-0.39, 0.29) is 24.9 Å². The van der Waals surface area contributed by atoms with Gasteiger partial charge in [0.2, 0.25) is 0 Å². The fourth-order valence-electron chi connectivity index (χ4n) is 3.62. The Labute approximate surface area is 209 Å². The molecule has 10 nitrogen and oxygen atoms in total. The van der Waals surface area contributed by atoms with Gasteiger partial charge in [-0.3, -0.25) is 14.9 Å². The Balaban J connectivity index is 1.65. The van der Waals surface area contributed by atoms with Crippen LogP contribution in [-0.4, -0.2) is 55.2 Å². The van der Waals surface area contributed by atoms with E-state index in [1.807, 2.05) is 26.0 Å². The van der Waals surface area contributed by atoms with Crippen LogP contribution in [-0.2, 0) is 25.4 Å². The number of carbonyl (C=O) groups excluding carboxylic acids is 3. The summed E-state index contributed by atoms with van der Waals surface area (Å²) >= 11 is 0. The molecule has 3 rings (SSSR count). The van der Waals surface area contributed by atoms with Gasteiger partial charge in [-0.05, 0) is 68.3 Å². The Morgan fingerprint density at radius 1 is 0.944 bits per heavy atom. The smallest absolute Gasteiger partial charge is 0.411 e. The number of aromatic nitrogens is 2. The summed E-state index contributed by atoms with van der Waals surface area (Å²) in [4.78, 5) is 36.1. The third-order valence-electron chi connectivity index (χ3n) is 5.51. The number of hydrogen-bond donors (Lipinski definition) is 2. The van der Waals surface area contributed by atoms with Crippen LogP contribution in [0.1, 0.15) is 33.7 Å². The number of nitrogens with one attached hydrogen (secondary N) is 2. The summed E-state index contributed by atoms with van der Waals surface area (Å²) in [6.07, 6.45) is 0.224. The molecule has 0 radical (unpaired) electrons. The normalized spacial score (nSPS) is 10.6. The fraction of sp³-hybridized carbons (Fsp3) is 0.308. The molecule has 36 heavy (non-hydrogen) atoms. The van der Waals surface area contributed by atoms with Crippen molar-refractivity contribution in [1.29, 1.82) is 0 Å². The van der Waals surface area contributed by atoms with Gasteiger partial charge in [-0.2, -0.15) is 5.10 Å². The highest BCUT2D eigenvalue weighted by Crippen LogP contribution is 2.21. The van der Waals surface area contributed by atoms with E-state index in [0.29, 0.717) is 30.0 Å². The van der Waals surface area contributed by atoms with E-state index in [1.165, 1.54) is 14.2 Å². The van der Waals surface area contributed by atoms with Crippen LogP contribution in [0.2, 0.25) is 0 Å². The molecule has 3 aromatic rings. The van der Waals surface area contributed by atoms with Crippen LogP contribution in [0, 0.1) is 13.8 Å². The topological polar surface area (TPSA) is 121 Å². The minimum atomic E-state index is -0.608. The van der Waals surface area contributed by atoms with Crippen LogP contribution in [0.25, 0.3) is 5.69 Å². The Hall–Kier alpha value is -4.18. The molecule has 0 spiro atoms.